The van der Waals surface area contributed by atoms with Gasteiger partial charge < -0.3 is 0 Å². The largest absolute Gasteiger partial charge is 0.298 e. The summed E-state index contributed by atoms with van der Waals surface area (Å²) in [7, 11) is 0. The summed E-state index contributed by atoms with van der Waals surface area (Å²) in [6, 6.07) is 11.8. The minimum atomic E-state index is -0.180. The Balaban J connectivity index is 1.87. The van der Waals surface area contributed by atoms with Crippen molar-refractivity contribution in [3.63, 3.8) is 0 Å². The summed E-state index contributed by atoms with van der Waals surface area (Å²) < 4.78 is 0. The molecule has 0 atom stereocenters. The average molecular weight is 323 g/mol. The second-order valence-corrected chi connectivity index (χ2v) is 6.39. The molecule has 0 bridgehead atoms. The van der Waals surface area contributed by atoms with E-state index in [-0.39, 0.29) is 5.91 Å². The standard InChI is InChI=1S/C18H17N3OS/c1-11-6-4-7-14(10-11)16-13(3)20-18(23-16)21-17(22)15-8-5-9-19-12(15)2/h4-10H,1-3H3,(H,20,21,22). The molecule has 0 aliphatic carbocycles. The predicted molar refractivity (Wildman–Crippen MR) is 94.0 cm³/mol. The third-order valence-corrected chi connectivity index (χ3v) is 4.67. The van der Waals surface area contributed by atoms with Crippen LogP contribution in [0, 0.1) is 20.8 Å². The van der Waals surface area contributed by atoms with Gasteiger partial charge in [0.2, 0.25) is 0 Å². The lowest BCUT2D eigenvalue weighted by Crippen LogP contribution is -2.13. The first kappa shape index (κ1) is 15.4. The normalized spacial score (nSPS) is 10.6. The molecule has 0 aliphatic heterocycles. The Labute approximate surface area is 139 Å². The number of anilines is 1. The fraction of sp³-hybridized carbons (Fsp3) is 0.167. The molecule has 0 radical (unpaired) electrons. The third-order valence-electron chi connectivity index (χ3n) is 3.55. The Morgan fingerprint density at radius 3 is 2.65 bits per heavy atom. The first-order chi connectivity index (χ1) is 11.0. The molecule has 3 aromatic rings. The molecular formula is C18H17N3OS. The lowest BCUT2D eigenvalue weighted by molar-refractivity contribution is 0.102. The number of carbonyl (C=O) groups is 1. The van der Waals surface area contributed by atoms with E-state index < -0.39 is 0 Å². The highest BCUT2D eigenvalue weighted by Gasteiger charge is 2.14. The van der Waals surface area contributed by atoms with Gasteiger partial charge in [-0.15, -0.1) is 0 Å². The quantitative estimate of drug-likeness (QED) is 0.778. The number of nitrogens with one attached hydrogen (secondary N) is 1. The van der Waals surface area contributed by atoms with E-state index in [4.69, 9.17) is 0 Å². The maximum Gasteiger partial charge on any atom is 0.259 e. The summed E-state index contributed by atoms with van der Waals surface area (Å²) in [4.78, 5) is 22.1. The van der Waals surface area contributed by atoms with Gasteiger partial charge in [-0.05, 0) is 38.5 Å². The number of rotatable bonds is 3. The van der Waals surface area contributed by atoms with Crippen molar-refractivity contribution in [3.05, 3.63) is 65.1 Å². The molecule has 0 saturated carbocycles. The number of thiazole rings is 1. The molecule has 0 fully saturated rings. The van der Waals surface area contributed by atoms with Crippen molar-refractivity contribution < 1.29 is 4.79 Å². The van der Waals surface area contributed by atoms with Gasteiger partial charge in [0.15, 0.2) is 5.13 Å². The van der Waals surface area contributed by atoms with Gasteiger partial charge in [0, 0.05) is 11.9 Å². The molecule has 5 heteroatoms. The monoisotopic (exact) mass is 323 g/mol. The number of carbonyl (C=O) groups excluding carboxylic acids is 1. The minimum absolute atomic E-state index is 0.180. The molecule has 3 rings (SSSR count). The molecular weight excluding hydrogens is 306 g/mol. The third kappa shape index (κ3) is 3.29. The number of aryl methyl sites for hydroxylation is 3. The molecule has 1 N–H and O–H groups in total. The lowest BCUT2D eigenvalue weighted by Gasteiger charge is -2.03. The highest BCUT2D eigenvalue weighted by atomic mass is 32.1. The number of hydrogen-bond acceptors (Lipinski definition) is 4. The van der Waals surface area contributed by atoms with Crippen molar-refractivity contribution in [2.24, 2.45) is 0 Å². The van der Waals surface area contributed by atoms with E-state index in [1.54, 1.807) is 18.3 Å². The second-order valence-electron chi connectivity index (χ2n) is 5.39. The van der Waals surface area contributed by atoms with E-state index in [0.29, 0.717) is 16.4 Å². The van der Waals surface area contributed by atoms with E-state index in [2.05, 4.69) is 40.4 Å². The summed E-state index contributed by atoms with van der Waals surface area (Å²) in [5, 5.41) is 3.48. The second kappa shape index (κ2) is 6.30. The van der Waals surface area contributed by atoms with E-state index >= 15 is 0 Å². The SMILES string of the molecule is Cc1cccc(-c2sc(NC(=O)c3cccnc3C)nc2C)c1. The maximum atomic E-state index is 12.4. The Hall–Kier alpha value is -2.53. The van der Waals surface area contributed by atoms with Gasteiger partial charge in [-0.1, -0.05) is 41.2 Å². The van der Waals surface area contributed by atoms with Crippen molar-refractivity contribution in [3.8, 4) is 10.4 Å². The van der Waals surface area contributed by atoms with Crippen molar-refractivity contribution in [1.29, 1.82) is 0 Å². The van der Waals surface area contributed by atoms with Crippen LogP contribution in [-0.4, -0.2) is 15.9 Å². The summed E-state index contributed by atoms with van der Waals surface area (Å²) >= 11 is 1.49. The van der Waals surface area contributed by atoms with Gasteiger partial charge in [-0.2, -0.15) is 0 Å². The van der Waals surface area contributed by atoms with Crippen LogP contribution in [0.5, 0.6) is 0 Å². The van der Waals surface area contributed by atoms with Gasteiger partial charge >= 0.3 is 0 Å². The first-order valence-electron chi connectivity index (χ1n) is 7.32. The number of aromatic nitrogens is 2. The fourth-order valence-electron chi connectivity index (χ4n) is 2.39. The number of pyridine rings is 1. The summed E-state index contributed by atoms with van der Waals surface area (Å²) in [5.74, 6) is -0.180. The molecule has 0 saturated heterocycles. The van der Waals surface area contributed by atoms with Crippen LogP contribution in [0.1, 0.15) is 27.3 Å². The smallest absolute Gasteiger partial charge is 0.259 e. The fourth-order valence-corrected chi connectivity index (χ4v) is 3.35. The van der Waals surface area contributed by atoms with Gasteiger partial charge in [-0.3, -0.25) is 15.1 Å². The topological polar surface area (TPSA) is 54.9 Å². The van der Waals surface area contributed by atoms with Crippen LogP contribution < -0.4 is 5.32 Å². The number of hydrogen-bond donors (Lipinski definition) is 1. The van der Waals surface area contributed by atoms with Crippen LogP contribution in [0.15, 0.2) is 42.6 Å². The van der Waals surface area contributed by atoms with Crippen LogP contribution in [0.3, 0.4) is 0 Å². The molecule has 0 aliphatic rings. The predicted octanol–water partition coefficient (Wildman–Crippen LogP) is 4.38. The molecule has 2 aromatic heterocycles. The average Bonchev–Trinajstić information content (AvgIpc) is 2.88. The van der Waals surface area contributed by atoms with Gasteiger partial charge in [0.05, 0.1) is 16.1 Å². The Bertz CT molecular complexity index is 870. The molecule has 1 amide bonds. The zero-order valence-electron chi connectivity index (χ0n) is 13.3. The molecule has 0 spiro atoms. The van der Waals surface area contributed by atoms with E-state index in [1.165, 1.54) is 16.9 Å². The number of benzene rings is 1. The van der Waals surface area contributed by atoms with Crippen molar-refractivity contribution in [1.82, 2.24) is 9.97 Å². The molecule has 116 valence electrons. The van der Waals surface area contributed by atoms with Gasteiger partial charge in [0.25, 0.3) is 5.91 Å². The summed E-state index contributed by atoms with van der Waals surface area (Å²) in [6.45, 7) is 5.84. The minimum Gasteiger partial charge on any atom is -0.298 e. The van der Waals surface area contributed by atoms with Crippen LogP contribution >= 0.6 is 11.3 Å². The Morgan fingerprint density at radius 2 is 1.91 bits per heavy atom. The summed E-state index contributed by atoms with van der Waals surface area (Å²) in [6.07, 6.45) is 1.68. The number of amides is 1. The Morgan fingerprint density at radius 1 is 1.09 bits per heavy atom. The number of nitrogens with zero attached hydrogens (tertiary/aromatic N) is 2. The van der Waals surface area contributed by atoms with Crippen molar-refractivity contribution in [2.45, 2.75) is 20.8 Å². The van der Waals surface area contributed by atoms with Crippen molar-refractivity contribution >= 4 is 22.4 Å². The van der Waals surface area contributed by atoms with Crippen LogP contribution in [0.25, 0.3) is 10.4 Å². The van der Waals surface area contributed by atoms with Gasteiger partial charge in [-0.25, -0.2) is 4.98 Å². The molecule has 0 unspecified atom stereocenters. The highest BCUT2D eigenvalue weighted by Crippen LogP contribution is 2.33. The van der Waals surface area contributed by atoms with Crippen LogP contribution in [0.2, 0.25) is 0 Å². The van der Waals surface area contributed by atoms with E-state index in [0.717, 1.165) is 16.1 Å². The van der Waals surface area contributed by atoms with Crippen LogP contribution in [0.4, 0.5) is 5.13 Å². The summed E-state index contributed by atoms with van der Waals surface area (Å²) in [5.41, 5.74) is 4.51. The highest BCUT2D eigenvalue weighted by molar-refractivity contribution is 7.19. The lowest BCUT2D eigenvalue weighted by atomic mass is 10.1. The molecule has 1 aromatic carbocycles. The first-order valence-corrected chi connectivity index (χ1v) is 8.13. The van der Waals surface area contributed by atoms with Gasteiger partial charge in [0.1, 0.15) is 0 Å². The molecule has 23 heavy (non-hydrogen) atoms. The van der Waals surface area contributed by atoms with Crippen molar-refractivity contribution in [2.75, 3.05) is 5.32 Å². The van der Waals surface area contributed by atoms with Crippen LogP contribution in [-0.2, 0) is 0 Å². The zero-order chi connectivity index (χ0) is 16.4. The zero-order valence-corrected chi connectivity index (χ0v) is 14.1. The van der Waals surface area contributed by atoms with E-state index in [9.17, 15) is 4.79 Å². The molecule has 2 heterocycles. The maximum absolute atomic E-state index is 12.4. The van der Waals surface area contributed by atoms with E-state index in [1.807, 2.05) is 19.9 Å². The Kier molecular flexibility index (Phi) is 4.21. The molecule has 4 nitrogen and oxygen atoms in total.